The van der Waals surface area contributed by atoms with E-state index in [1.165, 1.54) is 38.6 Å². The van der Waals surface area contributed by atoms with E-state index in [1.807, 2.05) is 6.92 Å². The summed E-state index contributed by atoms with van der Waals surface area (Å²) in [6.07, 6.45) is 1.38. The molecule has 0 spiro atoms. The fourth-order valence-corrected chi connectivity index (χ4v) is 4.87. The van der Waals surface area contributed by atoms with Gasteiger partial charge in [0, 0.05) is 5.56 Å². The summed E-state index contributed by atoms with van der Waals surface area (Å²) in [5.74, 6) is 0.295. The lowest BCUT2D eigenvalue weighted by Crippen LogP contribution is -2.39. The van der Waals surface area contributed by atoms with Crippen molar-refractivity contribution in [2.24, 2.45) is 5.10 Å². The lowest BCUT2D eigenvalue weighted by atomic mass is 10.2. The van der Waals surface area contributed by atoms with Crippen molar-refractivity contribution in [3.05, 3.63) is 82.9 Å². The molecule has 0 fully saturated rings. The fraction of sp³-hybridized carbons (Fsp3) is 0.167. The lowest BCUT2D eigenvalue weighted by Gasteiger charge is -2.24. The third-order valence-electron chi connectivity index (χ3n) is 4.84. The second-order valence-electron chi connectivity index (χ2n) is 7.15. The van der Waals surface area contributed by atoms with Crippen molar-refractivity contribution in [1.29, 1.82) is 0 Å². The molecule has 1 N–H and O–H groups in total. The molecule has 0 aliphatic heterocycles. The molecule has 178 valence electrons. The number of nitrogens with one attached hydrogen (secondary N) is 1. The van der Waals surface area contributed by atoms with E-state index in [1.54, 1.807) is 48.5 Å². The maximum Gasteiger partial charge on any atom is 0.264 e. The van der Waals surface area contributed by atoms with Gasteiger partial charge in [-0.3, -0.25) is 9.10 Å². The van der Waals surface area contributed by atoms with Gasteiger partial charge in [-0.15, -0.1) is 0 Å². The molecule has 3 rings (SSSR count). The Morgan fingerprint density at radius 2 is 1.74 bits per heavy atom. The van der Waals surface area contributed by atoms with E-state index in [-0.39, 0.29) is 15.6 Å². The van der Waals surface area contributed by atoms with E-state index in [9.17, 15) is 13.2 Å². The number of methoxy groups -OCH3 is 2. The molecule has 0 aromatic heterocycles. The van der Waals surface area contributed by atoms with Gasteiger partial charge < -0.3 is 9.47 Å². The highest BCUT2D eigenvalue weighted by Crippen LogP contribution is 2.31. The third kappa shape index (κ3) is 5.67. The highest BCUT2D eigenvalue weighted by atomic mass is 35.5. The quantitative estimate of drug-likeness (QED) is 0.353. The van der Waals surface area contributed by atoms with Crippen LogP contribution >= 0.6 is 11.6 Å². The summed E-state index contributed by atoms with van der Waals surface area (Å²) in [7, 11) is -1.08. The topological polar surface area (TPSA) is 97.3 Å². The molecule has 0 saturated heterocycles. The molecule has 0 heterocycles. The number of para-hydroxylation sites is 2. The molecule has 0 bridgehead atoms. The number of anilines is 1. The largest absolute Gasteiger partial charge is 0.493 e. The molecule has 3 aromatic carbocycles. The van der Waals surface area contributed by atoms with E-state index < -0.39 is 22.5 Å². The van der Waals surface area contributed by atoms with E-state index in [2.05, 4.69) is 10.5 Å². The van der Waals surface area contributed by atoms with E-state index in [0.717, 1.165) is 9.87 Å². The lowest BCUT2D eigenvalue weighted by molar-refractivity contribution is -0.119. The van der Waals surface area contributed by atoms with Gasteiger partial charge in [-0.1, -0.05) is 47.5 Å². The zero-order valence-electron chi connectivity index (χ0n) is 18.9. The number of carbonyl (C=O) groups excluding carboxylic acids is 1. The molecule has 0 atom stereocenters. The molecule has 0 radical (unpaired) electrons. The number of amides is 1. The van der Waals surface area contributed by atoms with Crippen molar-refractivity contribution in [2.75, 3.05) is 25.1 Å². The van der Waals surface area contributed by atoms with E-state index in [0.29, 0.717) is 17.1 Å². The second-order valence-corrected chi connectivity index (χ2v) is 9.42. The van der Waals surface area contributed by atoms with Crippen molar-refractivity contribution in [3.8, 4) is 11.5 Å². The molecule has 3 aromatic rings. The van der Waals surface area contributed by atoms with Crippen LogP contribution in [0, 0.1) is 6.92 Å². The molecule has 0 aliphatic carbocycles. The summed E-state index contributed by atoms with van der Waals surface area (Å²) in [4.78, 5) is 12.7. The first-order valence-electron chi connectivity index (χ1n) is 10.1. The van der Waals surface area contributed by atoms with Gasteiger partial charge in [0.25, 0.3) is 15.9 Å². The number of aryl methyl sites for hydroxylation is 1. The molecule has 1 amide bonds. The van der Waals surface area contributed by atoms with Gasteiger partial charge in [-0.2, -0.15) is 5.10 Å². The normalized spacial score (nSPS) is 11.3. The summed E-state index contributed by atoms with van der Waals surface area (Å²) in [6.45, 7) is 1.32. The first-order chi connectivity index (χ1) is 16.3. The Hall–Kier alpha value is -3.56. The summed E-state index contributed by atoms with van der Waals surface area (Å²) in [5.41, 5.74) is 4.01. The Bertz CT molecular complexity index is 1290. The number of sulfonamides is 1. The van der Waals surface area contributed by atoms with Crippen LogP contribution in [0.1, 0.15) is 11.1 Å². The highest BCUT2D eigenvalue weighted by molar-refractivity contribution is 7.92. The Morgan fingerprint density at radius 1 is 1.03 bits per heavy atom. The van der Waals surface area contributed by atoms with Gasteiger partial charge in [0.2, 0.25) is 0 Å². The van der Waals surface area contributed by atoms with Crippen LogP contribution in [0.4, 0.5) is 5.69 Å². The Kier molecular flexibility index (Phi) is 8.14. The number of hydrazone groups is 1. The van der Waals surface area contributed by atoms with Crippen molar-refractivity contribution < 1.29 is 22.7 Å². The van der Waals surface area contributed by atoms with Gasteiger partial charge >= 0.3 is 0 Å². The number of nitrogens with zero attached hydrogens (tertiary/aromatic N) is 2. The minimum Gasteiger partial charge on any atom is -0.493 e. The van der Waals surface area contributed by atoms with Gasteiger partial charge in [-0.05, 0) is 43.3 Å². The summed E-state index contributed by atoms with van der Waals surface area (Å²) < 4.78 is 38.3. The number of halogens is 1. The monoisotopic (exact) mass is 501 g/mol. The number of carbonyl (C=O) groups is 1. The Morgan fingerprint density at radius 3 is 2.38 bits per heavy atom. The SMILES string of the molecule is COc1cccc(/C=N\NC(=O)CN(c2ccccc2Cl)S(=O)(=O)c2ccc(C)cc2)c1OC. The van der Waals surface area contributed by atoms with Crippen LogP contribution in [0.25, 0.3) is 0 Å². The van der Waals surface area contributed by atoms with Gasteiger partial charge in [0.15, 0.2) is 11.5 Å². The van der Waals surface area contributed by atoms with Gasteiger partial charge in [0.1, 0.15) is 6.54 Å². The van der Waals surface area contributed by atoms with Gasteiger partial charge in [-0.25, -0.2) is 13.8 Å². The summed E-state index contributed by atoms with van der Waals surface area (Å²) in [6, 6.07) is 18.0. The molecular formula is C24H24ClN3O5S. The van der Waals surface area contributed by atoms with Crippen LogP contribution < -0.4 is 19.2 Å². The number of hydrogen-bond donors (Lipinski definition) is 1. The van der Waals surface area contributed by atoms with Crippen LogP contribution in [0.15, 0.2) is 76.7 Å². The van der Waals surface area contributed by atoms with Crippen molar-refractivity contribution in [1.82, 2.24) is 5.43 Å². The van der Waals surface area contributed by atoms with E-state index in [4.69, 9.17) is 21.1 Å². The van der Waals surface area contributed by atoms with Crippen LogP contribution in [0.5, 0.6) is 11.5 Å². The van der Waals surface area contributed by atoms with E-state index >= 15 is 0 Å². The highest BCUT2D eigenvalue weighted by Gasteiger charge is 2.28. The number of ether oxygens (including phenoxy) is 2. The number of benzene rings is 3. The zero-order valence-corrected chi connectivity index (χ0v) is 20.4. The standard InChI is InChI=1S/C24H24ClN3O5S/c1-17-11-13-19(14-12-17)34(30,31)28(21-9-5-4-8-20(21)25)16-23(29)27-26-15-18-7-6-10-22(32-2)24(18)33-3/h4-15H,16H2,1-3H3,(H,27,29)/b26-15-. The average molecular weight is 502 g/mol. The zero-order chi connectivity index (χ0) is 24.7. The Labute approximate surface area is 203 Å². The van der Waals surface area contributed by atoms with Crippen LogP contribution in [0.3, 0.4) is 0 Å². The molecule has 0 saturated carbocycles. The molecule has 8 nitrogen and oxygen atoms in total. The van der Waals surface area contributed by atoms with Crippen LogP contribution in [-0.4, -0.2) is 41.3 Å². The van der Waals surface area contributed by atoms with Crippen molar-refractivity contribution in [3.63, 3.8) is 0 Å². The maximum atomic E-state index is 13.4. The molecule has 34 heavy (non-hydrogen) atoms. The first-order valence-corrected chi connectivity index (χ1v) is 12.0. The predicted molar refractivity (Wildman–Crippen MR) is 132 cm³/mol. The average Bonchev–Trinajstić information content (AvgIpc) is 2.83. The van der Waals surface area contributed by atoms with Crippen molar-refractivity contribution >= 4 is 39.4 Å². The minimum absolute atomic E-state index is 0.0374. The number of hydrogen-bond acceptors (Lipinski definition) is 6. The molecule has 10 heteroatoms. The maximum absolute atomic E-state index is 13.4. The van der Waals surface area contributed by atoms with Gasteiger partial charge in [0.05, 0.1) is 36.0 Å². The Balaban J connectivity index is 1.86. The van der Waals surface area contributed by atoms with Crippen LogP contribution in [0.2, 0.25) is 5.02 Å². The molecule has 0 aliphatic rings. The second kappa shape index (κ2) is 11.0. The first kappa shape index (κ1) is 25.1. The smallest absolute Gasteiger partial charge is 0.264 e. The third-order valence-corrected chi connectivity index (χ3v) is 6.94. The predicted octanol–water partition coefficient (Wildman–Crippen LogP) is 4.01. The summed E-state index contributed by atoms with van der Waals surface area (Å²) in [5, 5.41) is 4.14. The van der Waals surface area contributed by atoms with Crippen molar-refractivity contribution in [2.45, 2.75) is 11.8 Å². The summed E-state index contributed by atoms with van der Waals surface area (Å²) >= 11 is 6.27. The minimum atomic E-state index is -4.09. The molecule has 0 unspecified atom stereocenters. The molecular weight excluding hydrogens is 478 g/mol. The number of rotatable bonds is 9. The fourth-order valence-electron chi connectivity index (χ4n) is 3.14. The van der Waals surface area contributed by atoms with Crippen LogP contribution in [-0.2, 0) is 14.8 Å².